The molecule has 0 spiro atoms. The van der Waals surface area contributed by atoms with Crippen molar-refractivity contribution in [3.05, 3.63) is 15.4 Å². The summed E-state index contributed by atoms with van der Waals surface area (Å²) in [5.74, 6) is 0.194. The molecule has 21 heavy (non-hydrogen) atoms. The number of rotatable bonds is 7. The van der Waals surface area contributed by atoms with E-state index in [9.17, 15) is 8.42 Å². The van der Waals surface area contributed by atoms with E-state index in [-0.39, 0.29) is 24.7 Å². The van der Waals surface area contributed by atoms with Crippen LogP contribution in [0.1, 0.15) is 25.8 Å². The fourth-order valence-electron chi connectivity index (χ4n) is 1.69. The standard InChI is InChI=1S/C12H20BrN3O3S2/c1-8(2)7-16(5-4-10(14)15-17)21(18,19)11-6-9(3)12(13)20-11/h6,8,17H,4-5,7H2,1-3H3,(H2,14,15). The van der Waals surface area contributed by atoms with E-state index < -0.39 is 10.0 Å². The molecule has 6 nitrogen and oxygen atoms in total. The second kappa shape index (κ2) is 7.57. The van der Waals surface area contributed by atoms with E-state index in [4.69, 9.17) is 10.9 Å². The second-order valence-corrected chi connectivity index (χ2v) is 9.66. The molecule has 3 N–H and O–H groups in total. The van der Waals surface area contributed by atoms with Crippen molar-refractivity contribution < 1.29 is 13.6 Å². The van der Waals surface area contributed by atoms with Gasteiger partial charge in [0, 0.05) is 19.5 Å². The van der Waals surface area contributed by atoms with Crippen LogP contribution in [0.5, 0.6) is 0 Å². The zero-order valence-corrected chi connectivity index (χ0v) is 15.4. The molecule has 0 aliphatic rings. The number of hydrogen-bond donors (Lipinski definition) is 2. The van der Waals surface area contributed by atoms with E-state index in [1.807, 2.05) is 20.8 Å². The summed E-state index contributed by atoms with van der Waals surface area (Å²) in [7, 11) is -3.57. The van der Waals surface area contributed by atoms with Gasteiger partial charge in [-0.1, -0.05) is 19.0 Å². The number of hydrogen-bond acceptors (Lipinski definition) is 5. The molecule has 0 radical (unpaired) electrons. The van der Waals surface area contributed by atoms with E-state index in [0.717, 1.165) is 9.35 Å². The highest BCUT2D eigenvalue weighted by Gasteiger charge is 2.27. The van der Waals surface area contributed by atoms with E-state index >= 15 is 0 Å². The molecule has 0 unspecified atom stereocenters. The number of halogens is 1. The average Bonchev–Trinajstić information content (AvgIpc) is 2.74. The Hall–Kier alpha value is -0.640. The second-order valence-electron chi connectivity index (χ2n) is 5.12. The Morgan fingerprint density at radius 1 is 1.57 bits per heavy atom. The topological polar surface area (TPSA) is 96.0 Å². The quantitative estimate of drug-likeness (QED) is 0.319. The first-order valence-electron chi connectivity index (χ1n) is 6.41. The first-order valence-corrected chi connectivity index (χ1v) is 9.46. The fraction of sp³-hybridized carbons (Fsp3) is 0.583. The zero-order valence-electron chi connectivity index (χ0n) is 12.2. The summed E-state index contributed by atoms with van der Waals surface area (Å²) in [6.07, 6.45) is 0.188. The van der Waals surface area contributed by atoms with Gasteiger partial charge in [0.2, 0.25) is 0 Å². The molecule has 0 saturated carbocycles. The van der Waals surface area contributed by atoms with Gasteiger partial charge in [0.05, 0.1) is 3.79 Å². The molecular weight excluding hydrogens is 378 g/mol. The van der Waals surface area contributed by atoms with Crippen molar-refractivity contribution >= 4 is 43.1 Å². The van der Waals surface area contributed by atoms with Gasteiger partial charge in [-0.2, -0.15) is 4.31 Å². The Morgan fingerprint density at radius 3 is 2.62 bits per heavy atom. The minimum Gasteiger partial charge on any atom is -0.409 e. The summed E-state index contributed by atoms with van der Waals surface area (Å²) >= 11 is 4.54. The Morgan fingerprint density at radius 2 is 2.19 bits per heavy atom. The molecule has 0 saturated heterocycles. The summed E-state index contributed by atoms with van der Waals surface area (Å²) in [4.78, 5) is 0. The lowest BCUT2D eigenvalue weighted by Crippen LogP contribution is -2.36. The monoisotopic (exact) mass is 397 g/mol. The predicted octanol–water partition coefficient (Wildman–Crippen LogP) is 2.60. The van der Waals surface area contributed by atoms with Crippen LogP contribution in [-0.4, -0.2) is 36.9 Å². The molecule has 0 bridgehead atoms. The predicted molar refractivity (Wildman–Crippen MR) is 88.4 cm³/mol. The maximum Gasteiger partial charge on any atom is 0.252 e. The molecule has 9 heteroatoms. The van der Waals surface area contributed by atoms with Gasteiger partial charge in [0.1, 0.15) is 10.0 Å². The highest BCUT2D eigenvalue weighted by atomic mass is 79.9. The van der Waals surface area contributed by atoms with Crippen molar-refractivity contribution in [2.45, 2.75) is 31.4 Å². The molecule has 1 rings (SSSR count). The van der Waals surface area contributed by atoms with Crippen LogP contribution in [0, 0.1) is 12.8 Å². The first-order chi connectivity index (χ1) is 9.68. The molecule has 1 aromatic heterocycles. The minimum atomic E-state index is -3.57. The average molecular weight is 398 g/mol. The Labute approximate surface area is 137 Å². The van der Waals surface area contributed by atoms with Crippen LogP contribution in [0.2, 0.25) is 0 Å². The molecule has 120 valence electrons. The molecule has 0 aliphatic carbocycles. The van der Waals surface area contributed by atoms with Crippen LogP contribution in [-0.2, 0) is 10.0 Å². The number of amidine groups is 1. The van der Waals surface area contributed by atoms with E-state index in [1.54, 1.807) is 6.07 Å². The number of nitrogens with zero attached hydrogens (tertiary/aromatic N) is 2. The van der Waals surface area contributed by atoms with Gasteiger partial charge in [0.25, 0.3) is 10.0 Å². The minimum absolute atomic E-state index is 0.0162. The lowest BCUT2D eigenvalue weighted by Gasteiger charge is -2.23. The SMILES string of the molecule is Cc1cc(S(=O)(=O)N(CCC(N)=NO)CC(C)C)sc1Br. The van der Waals surface area contributed by atoms with E-state index in [0.29, 0.717) is 10.8 Å². The zero-order chi connectivity index (χ0) is 16.2. The van der Waals surface area contributed by atoms with Crippen LogP contribution in [0.4, 0.5) is 0 Å². The molecule has 0 aromatic carbocycles. The van der Waals surface area contributed by atoms with Gasteiger partial charge in [-0.25, -0.2) is 8.42 Å². The third-order valence-electron chi connectivity index (χ3n) is 2.74. The van der Waals surface area contributed by atoms with Crippen molar-refractivity contribution in [2.24, 2.45) is 16.8 Å². The highest BCUT2D eigenvalue weighted by Crippen LogP contribution is 2.32. The maximum atomic E-state index is 12.7. The van der Waals surface area contributed by atoms with E-state index in [1.165, 1.54) is 15.6 Å². The first kappa shape index (κ1) is 18.4. The molecule has 1 heterocycles. The number of sulfonamides is 1. The van der Waals surface area contributed by atoms with Crippen molar-refractivity contribution in [3.8, 4) is 0 Å². The van der Waals surface area contributed by atoms with Gasteiger partial charge in [0.15, 0.2) is 0 Å². The fourth-order valence-corrected chi connectivity index (χ4v) is 5.68. The van der Waals surface area contributed by atoms with Crippen molar-refractivity contribution in [3.63, 3.8) is 0 Å². The summed E-state index contributed by atoms with van der Waals surface area (Å²) in [6.45, 7) is 6.31. The van der Waals surface area contributed by atoms with Gasteiger partial charge >= 0.3 is 0 Å². The van der Waals surface area contributed by atoms with Crippen LogP contribution in [0.15, 0.2) is 19.2 Å². The van der Waals surface area contributed by atoms with Crippen LogP contribution < -0.4 is 5.73 Å². The molecule has 0 atom stereocenters. The molecule has 1 aromatic rings. The number of thiophene rings is 1. The van der Waals surface area contributed by atoms with Crippen molar-refractivity contribution in [2.75, 3.05) is 13.1 Å². The van der Waals surface area contributed by atoms with Gasteiger partial charge in [-0.15, -0.1) is 11.3 Å². The third kappa shape index (κ3) is 4.94. The molecular formula is C12H20BrN3O3S2. The Kier molecular flexibility index (Phi) is 6.64. The number of oxime groups is 1. The number of nitrogens with two attached hydrogens (primary N) is 1. The van der Waals surface area contributed by atoms with Crippen molar-refractivity contribution in [1.82, 2.24) is 4.31 Å². The Bertz CT molecular complexity index is 592. The summed E-state index contributed by atoms with van der Waals surface area (Å²) < 4.78 is 27.9. The Balaban J connectivity index is 3.05. The summed E-state index contributed by atoms with van der Waals surface area (Å²) in [6, 6.07) is 1.65. The number of aryl methyl sites for hydroxylation is 1. The largest absolute Gasteiger partial charge is 0.409 e. The lowest BCUT2D eigenvalue weighted by atomic mass is 10.2. The van der Waals surface area contributed by atoms with Gasteiger partial charge in [-0.3, -0.25) is 0 Å². The van der Waals surface area contributed by atoms with Crippen LogP contribution in [0.25, 0.3) is 0 Å². The summed E-state index contributed by atoms with van der Waals surface area (Å²) in [5.41, 5.74) is 6.32. The maximum absolute atomic E-state index is 12.7. The van der Waals surface area contributed by atoms with Gasteiger partial charge < -0.3 is 10.9 Å². The molecule has 0 aliphatic heterocycles. The van der Waals surface area contributed by atoms with E-state index in [2.05, 4.69) is 21.1 Å². The smallest absolute Gasteiger partial charge is 0.252 e. The lowest BCUT2D eigenvalue weighted by molar-refractivity contribution is 0.314. The van der Waals surface area contributed by atoms with Crippen LogP contribution >= 0.6 is 27.3 Å². The highest BCUT2D eigenvalue weighted by molar-refractivity contribution is 9.11. The normalized spacial score (nSPS) is 13.3. The third-order valence-corrected chi connectivity index (χ3v) is 7.19. The van der Waals surface area contributed by atoms with Gasteiger partial charge in [-0.05, 0) is 40.4 Å². The molecule has 0 amide bonds. The van der Waals surface area contributed by atoms with Crippen LogP contribution in [0.3, 0.4) is 0 Å². The molecule has 0 fully saturated rings. The summed E-state index contributed by atoms with van der Waals surface area (Å²) in [5, 5.41) is 11.5. The van der Waals surface area contributed by atoms with Crippen molar-refractivity contribution in [1.29, 1.82) is 0 Å².